The van der Waals surface area contributed by atoms with Gasteiger partial charge in [-0.25, -0.2) is 9.97 Å². The molecule has 2 aliphatic rings. The average molecular weight is 264 g/mol. The molecule has 0 radical (unpaired) electrons. The summed E-state index contributed by atoms with van der Waals surface area (Å²) >= 11 is 1.65. The summed E-state index contributed by atoms with van der Waals surface area (Å²) < 4.78 is 0. The summed E-state index contributed by atoms with van der Waals surface area (Å²) in [6, 6.07) is 0. The summed E-state index contributed by atoms with van der Waals surface area (Å²) in [4.78, 5) is 11.9. The van der Waals surface area contributed by atoms with Crippen LogP contribution in [0.1, 0.15) is 30.5 Å². The number of thioether (sulfide) groups is 1. The lowest BCUT2D eigenvalue weighted by Gasteiger charge is -2.31. The molecule has 0 aromatic carbocycles. The minimum absolute atomic E-state index is 0.926. The molecule has 18 heavy (non-hydrogen) atoms. The molecule has 0 atom stereocenters. The Morgan fingerprint density at radius 2 is 2.00 bits per heavy atom. The zero-order valence-corrected chi connectivity index (χ0v) is 11.7. The Hall–Kier alpha value is -0.810. The van der Waals surface area contributed by atoms with Crippen molar-refractivity contribution in [2.45, 2.75) is 37.4 Å². The monoisotopic (exact) mass is 264 g/mol. The number of aromatic nitrogens is 2. The first-order valence-corrected chi connectivity index (χ1v) is 8.00. The van der Waals surface area contributed by atoms with Gasteiger partial charge in [-0.3, -0.25) is 0 Å². The van der Waals surface area contributed by atoms with E-state index in [1.165, 1.54) is 36.3 Å². The first kappa shape index (κ1) is 12.2. The van der Waals surface area contributed by atoms with Gasteiger partial charge in [-0.05, 0) is 25.5 Å². The van der Waals surface area contributed by atoms with Crippen molar-refractivity contribution in [1.82, 2.24) is 15.3 Å². The molecule has 3 rings (SSSR count). The van der Waals surface area contributed by atoms with Crippen molar-refractivity contribution in [2.24, 2.45) is 0 Å². The molecule has 0 saturated carbocycles. The number of hydrogen-bond acceptors (Lipinski definition) is 5. The second-order valence-corrected chi connectivity index (χ2v) is 5.71. The minimum Gasteiger partial charge on any atom is -0.356 e. The maximum absolute atomic E-state index is 4.77. The number of fused-ring (bicyclic) bond motifs is 1. The van der Waals surface area contributed by atoms with Crippen LogP contribution in [0.15, 0.2) is 5.16 Å². The van der Waals surface area contributed by atoms with E-state index in [-0.39, 0.29) is 0 Å². The fourth-order valence-electron chi connectivity index (χ4n) is 2.76. The Kier molecular flexibility index (Phi) is 3.70. The second-order valence-electron chi connectivity index (χ2n) is 4.93. The molecule has 1 saturated heterocycles. The summed E-state index contributed by atoms with van der Waals surface area (Å²) in [5, 5.41) is 4.37. The van der Waals surface area contributed by atoms with Crippen LogP contribution in [-0.2, 0) is 13.0 Å². The summed E-state index contributed by atoms with van der Waals surface area (Å²) in [5.74, 6) is 1.19. The molecular weight excluding hydrogens is 244 g/mol. The summed E-state index contributed by atoms with van der Waals surface area (Å²) in [6.07, 6.45) is 7.04. The van der Waals surface area contributed by atoms with E-state index in [1.54, 1.807) is 11.8 Å². The van der Waals surface area contributed by atoms with Crippen molar-refractivity contribution in [2.75, 3.05) is 30.8 Å². The third kappa shape index (κ3) is 2.34. The maximum atomic E-state index is 4.77. The average Bonchev–Trinajstić information content (AvgIpc) is 2.47. The number of piperidine rings is 1. The van der Waals surface area contributed by atoms with Crippen LogP contribution >= 0.6 is 11.8 Å². The lowest BCUT2D eigenvalue weighted by molar-refractivity contribution is 0.557. The molecule has 5 heteroatoms. The van der Waals surface area contributed by atoms with E-state index in [4.69, 9.17) is 4.98 Å². The summed E-state index contributed by atoms with van der Waals surface area (Å²) in [6.45, 7) is 4.27. The van der Waals surface area contributed by atoms with Crippen LogP contribution in [0, 0.1) is 0 Å². The van der Waals surface area contributed by atoms with Crippen molar-refractivity contribution in [3.05, 3.63) is 11.3 Å². The Bertz CT molecular complexity index is 429. The van der Waals surface area contributed by atoms with Crippen molar-refractivity contribution < 1.29 is 0 Å². The Morgan fingerprint density at radius 3 is 2.78 bits per heavy atom. The molecule has 1 aromatic rings. The first-order chi connectivity index (χ1) is 8.88. The highest BCUT2D eigenvalue weighted by Gasteiger charge is 2.22. The molecule has 0 amide bonds. The molecule has 0 aliphatic carbocycles. The Morgan fingerprint density at radius 1 is 1.17 bits per heavy atom. The van der Waals surface area contributed by atoms with Crippen LogP contribution in [0.25, 0.3) is 0 Å². The number of nitrogens with one attached hydrogen (secondary N) is 1. The van der Waals surface area contributed by atoms with E-state index in [0.29, 0.717) is 0 Å². The van der Waals surface area contributed by atoms with Crippen LogP contribution in [0.3, 0.4) is 0 Å². The SMILES string of the molecule is CSc1nc2c(c(N3CCCCC3)n1)CNCC2. The fourth-order valence-corrected chi connectivity index (χ4v) is 3.14. The molecule has 1 N–H and O–H groups in total. The highest BCUT2D eigenvalue weighted by atomic mass is 32.2. The zero-order chi connectivity index (χ0) is 12.4. The summed E-state index contributed by atoms with van der Waals surface area (Å²) in [7, 11) is 0. The van der Waals surface area contributed by atoms with Gasteiger partial charge >= 0.3 is 0 Å². The van der Waals surface area contributed by atoms with Crippen LogP contribution in [0.2, 0.25) is 0 Å². The number of rotatable bonds is 2. The van der Waals surface area contributed by atoms with E-state index in [1.807, 2.05) is 0 Å². The minimum atomic E-state index is 0.926. The van der Waals surface area contributed by atoms with E-state index in [2.05, 4.69) is 21.5 Å². The van der Waals surface area contributed by atoms with Gasteiger partial charge < -0.3 is 10.2 Å². The molecule has 1 aromatic heterocycles. The Labute approximate surface area is 113 Å². The van der Waals surface area contributed by atoms with Gasteiger partial charge in [0, 0.05) is 38.2 Å². The normalized spacial score (nSPS) is 19.7. The predicted octanol–water partition coefficient (Wildman–Crippen LogP) is 1.83. The third-order valence-electron chi connectivity index (χ3n) is 3.73. The maximum Gasteiger partial charge on any atom is 0.189 e. The highest BCUT2D eigenvalue weighted by molar-refractivity contribution is 7.98. The van der Waals surface area contributed by atoms with Gasteiger partial charge in [0.1, 0.15) is 5.82 Å². The molecule has 3 heterocycles. The van der Waals surface area contributed by atoms with Crippen LogP contribution in [-0.4, -0.2) is 35.9 Å². The van der Waals surface area contributed by atoms with Gasteiger partial charge in [0.05, 0.1) is 5.69 Å². The number of hydrogen-bond donors (Lipinski definition) is 1. The smallest absolute Gasteiger partial charge is 0.189 e. The first-order valence-electron chi connectivity index (χ1n) is 6.78. The van der Waals surface area contributed by atoms with E-state index >= 15 is 0 Å². The van der Waals surface area contributed by atoms with Crippen molar-refractivity contribution >= 4 is 17.6 Å². The standard InChI is InChI=1S/C13H20N4S/c1-18-13-15-11-5-6-14-9-10(11)12(16-13)17-7-3-2-4-8-17/h14H,2-9H2,1H3. The second kappa shape index (κ2) is 5.45. The lowest BCUT2D eigenvalue weighted by atomic mass is 10.1. The van der Waals surface area contributed by atoms with Crippen LogP contribution in [0.4, 0.5) is 5.82 Å². The zero-order valence-electron chi connectivity index (χ0n) is 10.9. The quantitative estimate of drug-likeness (QED) is 0.652. The van der Waals surface area contributed by atoms with Gasteiger partial charge in [0.2, 0.25) is 0 Å². The van der Waals surface area contributed by atoms with Gasteiger partial charge in [-0.2, -0.15) is 0 Å². The number of anilines is 1. The Balaban J connectivity index is 1.99. The van der Waals surface area contributed by atoms with Crippen LogP contribution < -0.4 is 10.2 Å². The third-order valence-corrected chi connectivity index (χ3v) is 4.28. The molecule has 0 unspecified atom stereocenters. The van der Waals surface area contributed by atoms with Crippen LogP contribution in [0.5, 0.6) is 0 Å². The molecule has 4 nitrogen and oxygen atoms in total. The molecule has 2 aliphatic heterocycles. The van der Waals surface area contributed by atoms with Gasteiger partial charge in [0.15, 0.2) is 5.16 Å². The predicted molar refractivity (Wildman–Crippen MR) is 75.3 cm³/mol. The number of nitrogens with zero attached hydrogens (tertiary/aromatic N) is 3. The molecule has 0 bridgehead atoms. The molecule has 98 valence electrons. The largest absolute Gasteiger partial charge is 0.356 e. The van der Waals surface area contributed by atoms with E-state index in [9.17, 15) is 0 Å². The highest BCUT2D eigenvalue weighted by Crippen LogP contribution is 2.28. The molecule has 0 spiro atoms. The van der Waals surface area contributed by atoms with Gasteiger partial charge in [-0.1, -0.05) is 11.8 Å². The van der Waals surface area contributed by atoms with E-state index < -0.39 is 0 Å². The summed E-state index contributed by atoms with van der Waals surface area (Å²) in [5.41, 5.74) is 2.59. The van der Waals surface area contributed by atoms with Gasteiger partial charge in [-0.15, -0.1) is 0 Å². The lowest BCUT2D eigenvalue weighted by Crippen LogP contribution is -2.34. The van der Waals surface area contributed by atoms with Crippen molar-refractivity contribution in [3.8, 4) is 0 Å². The van der Waals surface area contributed by atoms with Gasteiger partial charge in [0.25, 0.3) is 0 Å². The molecule has 1 fully saturated rings. The van der Waals surface area contributed by atoms with Crippen molar-refractivity contribution in [3.63, 3.8) is 0 Å². The fraction of sp³-hybridized carbons (Fsp3) is 0.692. The van der Waals surface area contributed by atoms with Crippen molar-refractivity contribution in [1.29, 1.82) is 0 Å². The topological polar surface area (TPSA) is 41.1 Å². The molecular formula is C13H20N4S. The van der Waals surface area contributed by atoms with E-state index in [0.717, 1.165) is 37.8 Å².